The third kappa shape index (κ3) is 4.46. The lowest BCUT2D eigenvalue weighted by Crippen LogP contribution is -2.03. The minimum absolute atomic E-state index is 0.389. The zero-order valence-corrected chi connectivity index (χ0v) is 18.5. The van der Waals surface area contributed by atoms with E-state index in [2.05, 4.69) is 56.8 Å². The molecule has 0 saturated heterocycles. The van der Waals surface area contributed by atoms with Crippen LogP contribution in [0.3, 0.4) is 0 Å². The molecule has 0 unspecified atom stereocenters. The van der Waals surface area contributed by atoms with E-state index in [9.17, 15) is 0 Å². The van der Waals surface area contributed by atoms with Crippen molar-refractivity contribution in [2.45, 2.75) is 20.8 Å². The number of benzene rings is 2. The number of H-pyrrole nitrogens is 1. The van der Waals surface area contributed by atoms with Gasteiger partial charge in [-0.3, -0.25) is 5.10 Å². The van der Waals surface area contributed by atoms with Crippen molar-refractivity contribution in [3.63, 3.8) is 0 Å². The standard InChI is InChI=1S/C23H23ClN6O/c1-13-7-5-6-8-16(13)17-11-20(31-4)19(9-14(17)2)26-23-25-12-18(24)22(28-23)27-21-10-15(3)29-30-21/h5-12H,1-4H3,(H3,25,26,27,28,29,30). The molecular weight excluding hydrogens is 412 g/mol. The van der Waals surface area contributed by atoms with E-state index in [1.54, 1.807) is 13.3 Å². The van der Waals surface area contributed by atoms with E-state index >= 15 is 0 Å². The smallest absolute Gasteiger partial charge is 0.229 e. The van der Waals surface area contributed by atoms with Crippen molar-refractivity contribution in [1.29, 1.82) is 0 Å². The predicted octanol–water partition coefficient (Wildman–Crippen LogP) is 5.94. The number of nitrogens with zero attached hydrogens (tertiary/aromatic N) is 3. The van der Waals surface area contributed by atoms with Crippen LogP contribution in [-0.2, 0) is 0 Å². The summed E-state index contributed by atoms with van der Waals surface area (Å²) < 4.78 is 5.65. The summed E-state index contributed by atoms with van der Waals surface area (Å²) in [6, 6.07) is 14.2. The Morgan fingerprint density at radius 2 is 1.77 bits per heavy atom. The molecule has 0 saturated carbocycles. The summed E-state index contributed by atoms with van der Waals surface area (Å²) >= 11 is 6.27. The SMILES string of the molecule is COc1cc(-c2ccccc2C)c(C)cc1Nc1ncc(Cl)c(Nc2cc(C)[nH]n2)n1. The van der Waals surface area contributed by atoms with Gasteiger partial charge in [-0.25, -0.2) is 4.98 Å². The number of nitrogens with one attached hydrogen (secondary N) is 3. The summed E-state index contributed by atoms with van der Waals surface area (Å²) in [6.45, 7) is 6.09. The van der Waals surface area contributed by atoms with Gasteiger partial charge in [-0.1, -0.05) is 35.9 Å². The number of hydrogen-bond donors (Lipinski definition) is 3. The highest BCUT2D eigenvalue weighted by molar-refractivity contribution is 6.32. The molecule has 0 radical (unpaired) electrons. The topological polar surface area (TPSA) is 87.8 Å². The first-order chi connectivity index (χ1) is 14.9. The Labute approximate surface area is 185 Å². The fraction of sp³-hybridized carbons (Fsp3) is 0.174. The normalized spacial score (nSPS) is 10.7. The summed E-state index contributed by atoms with van der Waals surface area (Å²) in [5.74, 6) is 2.17. The third-order valence-corrected chi connectivity index (χ3v) is 5.20. The molecule has 4 aromatic rings. The Morgan fingerprint density at radius 1 is 0.968 bits per heavy atom. The van der Waals surface area contributed by atoms with Crippen LogP contribution in [0.2, 0.25) is 5.02 Å². The molecule has 0 fully saturated rings. The molecule has 8 heteroatoms. The molecule has 2 heterocycles. The molecule has 4 rings (SSSR count). The summed E-state index contributed by atoms with van der Waals surface area (Å²) in [4.78, 5) is 8.80. The number of methoxy groups -OCH3 is 1. The molecule has 0 aliphatic heterocycles. The van der Waals surface area contributed by atoms with Gasteiger partial charge in [0.05, 0.1) is 19.0 Å². The number of hydrogen-bond acceptors (Lipinski definition) is 6. The molecule has 0 aliphatic rings. The van der Waals surface area contributed by atoms with Crippen molar-refractivity contribution < 1.29 is 4.74 Å². The summed E-state index contributed by atoms with van der Waals surface area (Å²) in [5.41, 5.74) is 6.30. The number of ether oxygens (including phenoxy) is 1. The van der Waals surface area contributed by atoms with Gasteiger partial charge in [0, 0.05) is 11.8 Å². The van der Waals surface area contributed by atoms with Gasteiger partial charge in [0.1, 0.15) is 10.8 Å². The average molecular weight is 435 g/mol. The number of aromatic amines is 1. The fourth-order valence-corrected chi connectivity index (χ4v) is 3.50. The predicted molar refractivity (Wildman–Crippen MR) is 125 cm³/mol. The molecule has 0 spiro atoms. The van der Waals surface area contributed by atoms with Crippen molar-refractivity contribution in [3.8, 4) is 16.9 Å². The Kier molecular flexibility index (Phi) is 5.77. The minimum Gasteiger partial charge on any atom is -0.495 e. The maximum absolute atomic E-state index is 6.27. The van der Waals surface area contributed by atoms with Crippen LogP contribution in [0.1, 0.15) is 16.8 Å². The van der Waals surface area contributed by atoms with Crippen LogP contribution >= 0.6 is 11.6 Å². The van der Waals surface area contributed by atoms with Crippen molar-refractivity contribution in [3.05, 3.63) is 70.5 Å². The van der Waals surface area contributed by atoms with Gasteiger partial charge in [-0.15, -0.1) is 0 Å². The Balaban J connectivity index is 1.65. The van der Waals surface area contributed by atoms with E-state index in [0.717, 1.165) is 22.5 Å². The number of rotatable bonds is 6. The zero-order chi connectivity index (χ0) is 22.0. The number of aryl methyl sites for hydroxylation is 3. The minimum atomic E-state index is 0.389. The zero-order valence-electron chi connectivity index (χ0n) is 17.7. The summed E-state index contributed by atoms with van der Waals surface area (Å²) in [7, 11) is 1.65. The second kappa shape index (κ2) is 8.65. The first-order valence-corrected chi connectivity index (χ1v) is 10.2. The van der Waals surface area contributed by atoms with E-state index in [4.69, 9.17) is 16.3 Å². The quantitative estimate of drug-likeness (QED) is 0.348. The fourth-order valence-electron chi connectivity index (χ4n) is 3.36. The average Bonchev–Trinajstić information content (AvgIpc) is 3.16. The first kappa shape index (κ1) is 20.7. The lowest BCUT2D eigenvalue weighted by atomic mass is 9.96. The second-order valence-corrected chi connectivity index (χ2v) is 7.67. The number of halogens is 1. The van der Waals surface area contributed by atoms with E-state index in [1.807, 2.05) is 37.3 Å². The molecule has 7 nitrogen and oxygen atoms in total. The maximum atomic E-state index is 6.27. The molecule has 0 atom stereocenters. The van der Waals surface area contributed by atoms with Crippen LogP contribution in [-0.4, -0.2) is 27.3 Å². The molecule has 158 valence electrons. The van der Waals surface area contributed by atoms with Gasteiger partial charge in [0.25, 0.3) is 0 Å². The lowest BCUT2D eigenvalue weighted by Gasteiger charge is -2.16. The molecule has 2 aromatic heterocycles. The molecule has 0 amide bonds. The number of anilines is 4. The van der Waals surface area contributed by atoms with Crippen LogP contribution in [0.25, 0.3) is 11.1 Å². The summed E-state index contributed by atoms with van der Waals surface area (Å²) in [5, 5.41) is 13.8. The van der Waals surface area contributed by atoms with Crippen LogP contribution in [0, 0.1) is 20.8 Å². The van der Waals surface area contributed by atoms with Gasteiger partial charge >= 0.3 is 0 Å². The maximum Gasteiger partial charge on any atom is 0.229 e. The van der Waals surface area contributed by atoms with E-state index in [0.29, 0.717) is 28.4 Å². The van der Waals surface area contributed by atoms with Crippen LogP contribution in [0.4, 0.5) is 23.3 Å². The highest BCUT2D eigenvalue weighted by Crippen LogP contribution is 2.36. The van der Waals surface area contributed by atoms with Crippen LogP contribution in [0.15, 0.2) is 48.7 Å². The Hall–Kier alpha value is -3.58. The Morgan fingerprint density at radius 3 is 2.48 bits per heavy atom. The highest BCUT2D eigenvalue weighted by atomic mass is 35.5. The third-order valence-electron chi connectivity index (χ3n) is 4.92. The van der Waals surface area contributed by atoms with Crippen molar-refractivity contribution in [2.24, 2.45) is 0 Å². The molecule has 2 aromatic carbocycles. The Bertz CT molecular complexity index is 1240. The largest absolute Gasteiger partial charge is 0.495 e. The van der Waals surface area contributed by atoms with E-state index < -0.39 is 0 Å². The molecule has 0 aliphatic carbocycles. The number of aromatic nitrogens is 4. The van der Waals surface area contributed by atoms with E-state index in [1.165, 1.54) is 11.1 Å². The first-order valence-electron chi connectivity index (χ1n) is 9.78. The van der Waals surface area contributed by atoms with Crippen molar-refractivity contribution in [1.82, 2.24) is 20.2 Å². The van der Waals surface area contributed by atoms with Gasteiger partial charge < -0.3 is 15.4 Å². The van der Waals surface area contributed by atoms with E-state index in [-0.39, 0.29) is 0 Å². The van der Waals surface area contributed by atoms with Crippen LogP contribution in [0.5, 0.6) is 5.75 Å². The van der Waals surface area contributed by atoms with Gasteiger partial charge in [-0.05, 0) is 55.2 Å². The van der Waals surface area contributed by atoms with Gasteiger partial charge in [-0.2, -0.15) is 10.1 Å². The second-order valence-electron chi connectivity index (χ2n) is 7.26. The summed E-state index contributed by atoms with van der Waals surface area (Å²) in [6.07, 6.45) is 1.54. The lowest BCUT2D eigenvalue weighted by molar-refractivity contribution is 0.417. The molecule has 0 bridgehead atoms. The monoisotopic (exact) mass is 434 g/mol. The molecule has 31 heavy (non-hydrogen) atoms. The molecular formula is C23H23ClN6O. The van der Waals surface area contributed by atoms with Crippen molar-refractivity contribution >= 4 is 34.9 Å². The molecule has 3 N–H and O–H groups in total. The van der Waals surface area contributed by atoms with Crippen LogP contribution < -0.4 is 15.4 Å². The van der Waals surface area contributed by atoms with Gasteiger partial charge in [0.2, 0.25) is 5.95 Å². The van der Waals surface area contributed by atoms with Crippen molar-refractivity contribution in [2.75, 3.05) is 17.7 Å². The van der Waals surface area contributed by atoms with Gasteiger partial charge in [0.15, 0.2) is 11.6 Å². The highest BCUT2D eigenvalue weighted by Gasteiger charge is 2.14.